The van der Waals surface area contributed by atoms with Gasteiger partial charge in [0.2, 0.25) is 0 Å². The Morgan fingerprint density at radius 3 is 1.52 bits per heavy atom. The molecule has 0 bridgehead atoms. The minimum Gasteiger partial charge on any atom is -0.633 e. The molecule has 152 valence electrons. The van der Waals surface area contributed by atoms with E-state index in [1.54, 1.807) is 14.1 Å². The van der Waals surface area contributed by atoms with Gasteiger partial charge in [-0.3, -0.25) is 0 Å². The van der Waals surface area contributed by atoms with Gasteiger partial charge in [0.05, 0.1) is 39.0 Å². The van der Waals surface area contributed by atoms with Crippen LogP contribution in [-0.4, -0.2) is 58.9 Å². The van der Waals surface area contributed by atoms with Gasteiger partial charge in [-0.05, 0) is 32.1 Å². The van der Waals surface area contributed by atoms with Crippen LogP contribution in [0.1, 0.15) is 90.4 Å². The number of rotatable bonds is 17. The van der Waals surface area contributed by atoms with Crippen molar-refractivity contribution in [3.8, 4) is 0 Å². The predicted octanol–water partition coefficient (Wildman–Crippen LogP) is 3.73. The van der Waals surface area contributed by atoms with Crippen molar-refractivity contribution in [2.45, 2.75) is 109 Å². The number of hydrogen-bond donors (Lipinski definition) is 3. The molecule has 0 aromatic carbocycles. The predicted molar refractivity (Wildman–Crippen MR) is 104 cm³/mol. The Balaban J connectivity index is 3.55. The van der Waals surface area contributed by atoms with Crippen LogP contribution in [0.25, 0.3) is 0 Å². The van der Waals surface area contributed by atoms with Crippen LogP contribution in [0.15, 0.2) is 0 Å². The number of hydrogen-bond acceptors (Lipinski definition) is 4. The third-order valence-electron chi connectivity index (χ3n) is 4.81. The Hall–Kier alpha value is -0.200. The van der Waals surface area contributed by atoms with Crippen molar-refractivity contribution in [1.29, 1.82) is 0 Å². The number of aliphatic hydroxyl groups is 3. The van der Waals surface area contributed by atoms with Gasteiger partial charge in [-0.1, -0.05) is 51.9 Å². The maximum absolute atomic E-state index is 11.4. The van der Waals surface area contributed by atoms with E-state index in [4.69, 9.17) is 0 Å². The van der Waals surface area contributed by atoms with Crippen LogP contribution in [0, 0.1) is 5.21 Å². The van der Waals surface area contributed by atoms with Crippen LogP contribution >= 0.6 is 0 Å². The zero-order valence-corrected chi connectivity index (χ0v) is 16.8. The summed E-state index contributed by atoms with van der Waals surface area (Å²) in [5, 5.41) is 41.3. The van der Waals surface area contributed by atoms with E-state index < -0.39 is 16.9 Å². The minimum atomic E-state index is -0.529. The smallest absolute Gasteiger partial charge is 0.0804 e. The van der Waals surface area contributed by atoms with Gasteiger partial charge < -0.3 is 25.2 Å². The Morgan fingerprint density at radius 1 is 0.640 bits per heavy atom. The van der Waals surface area contributed by atoms with E-state index in [9.17, 15) is 20.5 Å². The summed E-state index contributed by atoms with van der Waals surface area (Å²) in [4.78, 5) is 0. The first kappa shape index (κ1) is 24.8. The van der Waals surface area contributed by atoms with Crippen molar-refractivity contribution in [2.75, 3.05) is 20.6 Å². The second kappa shape index (κ2) is 14.9. The monoisotopic (exact) mass is 361 g/mol. The Morgan fingerprint density at radius 2 is 1.04 bits per heavy atom. The summed E-state index contributed by atoms with van der Waals surface area (Å²) in [6.45, 7) is 2.60. The lowest BCUT2D eigenvalue weighted by atomic mass is 10.00. The number of aliphatic hydroxyl groups excluding tert-OH is 3. The highest BCUT2D eigenvalue weighted by molar-refractivity contribution is 4.65. The average molecular weight is 362 g/mol. The number of quaternary nitrogens is 1. The van der Waals surface area contributed by atoms with Crippen molar-refractivity contribution in [1.82, 2.24) is 0 Å². The normalized spacial score (nSPS) is 16.0. The van der Waals surface area contributed by atoms with Gasteiger partial charge in [-0.2, -0.15) is 0 Å². The molecule has 0 aliphatic carbocycles. The van der Waals surface area contributed by atoms with Gasteiger partial charge in [0.15, 0.2) is 0 Å². The zero-order chi connectivity index (χ0) is 19.1. The SMILES string of the molecule is CCCCCCCCCC(O)CCC(O)CCC(O)CC[N+](C)(C)[O-]. The van der Waals surface area contributed by atoms with Gasteiger partial charge in [-0.25, -0.2) is 0 Å². The zero-order valence-electron chi connectivity index (χ0n) is 16.8. The highest BCUT2D eigenvalue weighted by Gasteiger charge is 2.14. The lowest BCUT2D eigenvalue weighted by Gasteiger charge is -2.34. The summed E-state index contributed by atoms with van der Waals surface area (Å²) in [7, 11) is 3.13. The van der Waals surface area contributed by atoms with E-state index in [0.717, 1.165) is 12.8 Å². The highest BCUT2D eigenvalue weighted by Crippen LogP contribution is 2.15. The quantitative estimate of drug-likeness (QED) is 0.209. The maximum Gasteiger partial charge on any atom is 0.0804 e. The Kier molecular flexibility index (Phi) is 14.8. The molecule has 0 aromatic rings. The van der Waals surface area contributed by atoms with Crippen LogP contribution in [0.2, 0.25) is 0 Å². The topological polar surface area (TPSA) is 83.8 Å². The first-order valence-corrected chi connectivity index (χ1v) is 10.3. The fourth-order valence-electron chi connectivity index (χ4n) is 3.00. The molecule has 0 saturated heterocycles. The summed E-state index contributed by atoms with van der Waals surface area (Å²) in [5.74, 6) is 0. The van der Waals surface area contributed by atoms with Gasteiger partial charge in [-0.15, -0.1) is 0 Å². The molecule has 3 N–H and O–H groups in total. The number of unbranched alkanes of at least 4 members (excludes halogenated alkanes) is 6. The standard InChI is InChI=1S/C20H43NO4/c1-4-5-6-7-8-9-10-11-18(22)12-13-19(23)14-15-20(24)16-17-21(2,3)25/h18-20,22-24H,4-17H2,1-3H3. The number of hydroxylamine groups is 3. The molecule has 25 heavy (non-hydrogen) atoms. The van der Waals surface area contributed by atoms with E-state index in [1.807, 2.05) is 0 Å². The van der Waals surface area contributed by atoms with E-state index >= 15 is 0 Å². The molecule has 3 atom stereocenters. The summed E-state index contributed by atoms with van der Waals surface area (Å²) in [6, 6.07) is 0. The van der Waals surface area contributed by atoms with Crippen molar-refractivity contribution in [2.24, 2.45) is 0 Å². The minimum absolute atomic E-state index is 0.325. The van der Waals surface area contributed by atoms with Gasteiger partial charge in [0.25, 0.3) is 0 Å². The molecule has 0 aliphatic heterocycles. The Bertz CT molecular complexity index is 294. The van der Waals surface area contributed by atoms with Crippen LogP contribution in [0.3, 0.4) is 0 Å². The average Bonchev–Trinajstić information content (AvgIpc) is 2.54. The number of nitrogens with zero attached hydrogens (tertiary/aromatic N) is 1. The molecule has 0 saturated carbocycles. The first-order valence-electron chi connectivity index (χ1n) is 10.3. The van der Waals surface area contributed by atoms with Gasteiger partial charge >= 0.3 is 0 Å². The summed E-state index contributed by atoms with van der Waals surface area (Å²) in [5.41, 5.74) is 0. The molecule has 0 rings (SSSR count). The van der Waals surface area contributed by atoms with E-state index in [0.29, 0.717) is 38.6 Å². The van der Waals surface area contributed by atoms with Crippen LogP contribution in [0.5, 0.6) is 0 Å². The molecule has 0 heterocycles. The van der Waals surface area contributed by atoms with Crippen molar-refractivity contribution >= 4 is 0 Å². The highest BCUT2D eigenvalue weighted by atomic mass is 16.5. The maximum atomic E-state index is 11.4. The van der Waals surface area contributed by atoms with E-state index in [1.165, 1.54) is 38.5 Å². The molecule has 0 spiro atoms. The van der Waals surface area contributed by atoms with E-state index in [2.05, 4.69) is 6.92 Å². The van der Waals surface area contributed by atoms with Crippen molar-refractivity contribution in [3.05, 3.63) is 5.21 Å². The first-order chi connectivity index (χ1) is 11.7. The summed E-state index contributed by atoms with van der Waals surface area (Å²) < 4.78 is -0.398. The lowest BCUT2D eigenvalue weighted by Crippen LogP contribution is -2.35. The third-order valence-corrected chi connectivity index (χ3v) is 4.81. The fraction of sp³-hybridized carbons (Fsp3) is 1.00. The van der Waals surface area contributed by atoms with Crippen LogP contribution in [-0.2, 0) is 0 Å². The molecule has 5 nitrogen and oxygen atoms in total. The van der Waals surface area contributed by atoms with Gasteiger partial charge in [0.1, 0.15) is 0 Å². The molecular weight excluding hydrogens is 318 g/mol. The second-order valence-electron chi connectivity index (χ2n) is 8.11. The second-order valence-corrected chi connectivity index (χ2v) is 8.11. The third kappa shape index (κ3) is 18.4. The van der Waals surface area contributed by atoms with Crippen LogP contribution < -0.4 is 0 Å². The molecule has 0 aromatic heterocycles. The van der Waals surface area contributed by atoms with Crippen molar-refractivity contribution < 1.29 is 20.0 Å². The molecule has 0 aliphatic rings. The van der Waals surface area contributed by atoms with Gasteiger partial charge in [0, 0.05) is 6.42 Å². The van der Waals surface area contributed by atoms with E-state index in [-0.39, 0.29) is 6.10 Å². The molecule has 0 amide bonds. The summed E-state index contributed by atoms with van der Waals surface area (Å²) in [6.07, 6.45) is 10.9. The molecule has 5 heteroatoms. The van der Waals surface area contributed by atoms with Crippen molar-refractivity contribution in [3.63, 3.8) is 0 Å². The summed E-state index contributed by atoms with van der Waals surface area (Å²) >= 11 is 0. The lowest BCUT2D eigenvalue weighted by molar-refractivity contribution is -0.840. The molecule has 0 radical (unpaired) electrons. The molecular formula is C20H43NO4. The molecule has 0 fully saturated rings. The molecule has 3 unspecified atom stereocenters. The largest absolute Gasteiger partial charge is 0.633 e. The Labute approximate surface area is 155 Å². The fourth-order valence-corrected chi connectivity index (χ4v) is 3.00. The van der Waals surface area contributed by atoms with Crippen LogP contribution in [0.4, 0.5) is 0 Å².